The van der Waals surface area contributed by atoms with Crippen molar-refractivity contribution in [1.82, 2.24) is 4.90 Å². The number of hydrogen-bond donors (Lipinski definition) is 1. The van der Waals surface area contributed by atoms with Crippen LogP contribution in [0.5, 0.6) is 0 Å². The van der Waals surface area contributed by atoms with Crippen molar-refractivity contribution in [2.45, 2.75) is 38.6 Å². The lowest BCUT2D eigenvalue weighted by molar-refractivity contribution is 0.00845. The number of aliphatic hydroxyl groups is 1. The fraction of sp³-hybridized carbons (Fsp3) is 1.00. The molecule has 0 aromatic carbocycles. The van der Waals surface area contributed by atoms with Gasteiger partial charge in [0.2, 0.25) is 0 Å². The normalized spacial score (nSPS) is 19.8. The summed E-state index contributed by atoms with van der Waals surface area (Å²) in [6, 6.07) is 0.343. The average molecular weight is 289 g/mol. The van der Waals surface area contributed by atoms with Crippen LogP contribution in [-0.4, -0.2) is 75.4 Å². The maximum Gasteiger partial charge on any atom is 0.0701 e. The fourth-order valence-corrected chi connectivity index (χ4v) is 2.37. The average Bonchev–Trinajstić information content (AvgIpc) is 2.92. The molecular weight excluding hydrogens is 258 g/mol. The molecule has 5 nitrogen and oxygen atoms in total. The summed E-state index contributed by atoms with van der Waals surface area (Å²) < 4.78 is 16.4. The van der Waals surface area contributed by atoms with Crippen LogP contribution in [0, 0.1) is 0 Å². The van der Waals surface area contributed by atoms with Crippen molar-refractivity contribution >= 4 is 0 Å². The van der Waals surface area contributed by atoms with Crippen molar-refractivity contribution < 1.29 is 19.3 Å². The number of rotatable bonds is 13. The van der Waals surface area contributed by atoms with Crippen LogP contribution in [0.15, 0.2) is 0 Å². The summed E-state index contributed by atoms with van der Waals surface area (Å²) in [5.74, 6) is 0. The molecule has 0 bridgehead atoms. The van der Waals surface area contributed by atoms with E-state index in [9.17, 15) is 5.11 Å². The highest BCUT2D eigenvalue weighted by atomic mass is 16.5. The summed E-state index contributed by atoms with van der Waals surface area (Å²) in [5.41, 5.74) is 0. The molecule has 0 saturated carbocycles. The van der Waals surface area contributed by atoms with Gasteiger partial charge in [-0.05, 0) is 25.8 Å². The van der Waals surface area contributed by atoms with Crippen LogP contribution >= 0.6 is 0 Å². The molecule has 20 heavy (non-hydrogen) atoms. The summed E-state index contributed by atoms with van der Waals surface area (Å²) in [4.78, 5) is 2.31. The van der Waals surface area contributed by atoms with Crippen molar-refractivity contribution in [3.8, 4) is 0 Å². The predicted molar refractivity (Wildman–Crippen MR) is 79.0 cm³/mol. The number of likely N-dealkylation sites (tertiary alicyclic amines) is 1. The highest BCUT2D eigenvalue weighted by Gasteiger charge is 2.22. The quantitative estimate of drug-likeness (QED) is 0.518. The predicted octanol–water partition coefficient (Wildman–Crippen LogP) is 1.29. The maximum atomic E-state index is 9.20. The van der Waals surface area contributed by atoms with E-state index in [0.717, 1.165) is 32.5 Å². The molecule has 120 valence electrons. The Morgan fingerprint density at radius 2 is 1.65 bits per heavy atom. The Morgan fingerprint density at radius 1 is 1.00 bits per heavy atom. The van der Waals surface area contributed by atoms with Crippen molar-refractivity contribution in [1.29, 1.82) is 0 Å². The number of aliphatic hydroxyl groups excluding tert-OH is 1. The van der Waals surface area contributed by atoms with Gasteiger partial charge < -0.3 is 19.3 Å². The van der Waals surface area contributed by atoms with Crippen molar-refractivity contribution in [3.05, 3.63) is 0 Å². The fourth-order valence-electron chi connectivity index (χ4n) is 2.37. The van der Waals surface area contributed by atoms with E-state index in [-0.39, 0.29) is 6.61 Å². The molecule has 1 N–H and O–H groups in total. The Labute approximate surface area is 123 Å². The Morgan fingerprint density at radius 3 is 2.30 bits per heavy atom. The molecule has 1 heterocycles. The second-order valence-electron chi connectivity index (χ2n) is 5.21. The number of nitrogens with zero attached hydrogens (tertiary/aromatic N) is 1. The number of unbranched alkanes of at least 4 members (excludes halogenated alkanes) is 1. The SMILES string of the molecule is CCCCOCCOCCOCCN1CCCC1CO. The second-order valence-corrected chi connectivity index (χ2v) is 5.21. The first-order valence-electron chi connectivity index (χ1n) is 7.96. The Kier molecular flexibility index (Phi) is 11.2. The van der Waals surface area contributed by atoms with E-state index >= 15 is 0 Å². The molecule has 1 aliphatic rings. The standard InChI is InChI=1S/C15H31NO4/c1-2-3-8-18-10-12-20-13-11-19-9-7-16-6-4-5-15(16)14-17/h15,17H,2-14H2,1H3. The minimum Gasteiger partial charge on any atom is -0.395 e. The Bertz CT molecular complexity index is 216. The number of ether oxygens (including phenoxy) is 3. The van der Waals surface area contributed by atoms with Crippen LogP contribution in [0.25, 0.3) is 0 Å². The van der Waals surface area contributed by atoms with Gasteiger partial charge in [0.15, 0.2) is 0 Å². The van der Waals surface area contributed by atoms with Crippen molar-refractivity contribution in [3.63, 3.8) is 0 Å². The van der Waals surface area contributed by atoms with Gasteiger partial charge in [0, 0.05) is 19.2 Å². The van der Waals surface area contributed by atoms with Gasteiger partial charge in [-0.2, -0.15) is 0 Å². The van der Waals surface area contributed by atoms with Crippen LogP contribution in [0.1, 0.15) is 32.6 Å². The van der Waals surface area contributed by atoms with Crippen LogP contribution in [0.2, 0.25) is 0 Å². The third-order valence-electron chi connectivity index (χ3n) is 3.62. The molecule has 0 aromatic heterocycles. The third kappa shape index (κ3) is 8.17. The molecule has 0 radical (unpaired) electrons. The minimum absolute atomic E-state index is 0.265. The molecular formula is C15H31NO4. The largest absolute Gasteiger partial charge is 0.395 e. The summed E-state index contributed by atoms with van der Waals surface area (Å²) in [6.07, 6.45) is 4.58. The van der Waals surface area contributed by atoms with Gasteiger partial charge in [-0.25, -0.2) is 0 Å². The van der Waals surface area contributed by atoms with Crippen LogP contribution in [-0.2, 0) is 14.2 Å². The molecule has 5 heteroatoms. The molecule has 1 fully saturated rings. The second kappa shape index (κ2) is 12.5. The molecule has 1 unspecified atom stereocenters. The van der Waals surface area contributed by atoms with Crippen molar-refractivity contribution in [2.75, 3.05) is 59.3 Å². The summed E-state index contributed by atoms with van der Waals surface area (Å²) >= 11 is 0. The first-order valence-corrected chi connectivity index (χ1v) is 7.96. The smallest absolute Gasteiger partial charge is 0.0701 e. The van der Waals surface area contributed by atoms with Crippen molar-refractivity contribution in [2.24, 2.45) is 0 Å². The lowest BCUT2D eigenvalue weighted by atomic mass is 10.2. The van der Waals surface area contributed by atoms with Gasteiger partial charge in [0.25, 0.3) is 0 Å². The zero-order valence-electron chi connectivity index (χ0n) is 12.9. The third-order valence-corrected chi connectivity index (χ3v) is 3.62. The van der Waals surface area contributed by atoms with Crippen LogP contribution < -0.4 is 0 Å². The van der Waals surface area contributed by atoms with Gasteiger partial charge in [-0.15, -0.1) is 0 Å². The van der Waals surface area contributed by atoms with Gasteiger partial charge in [-0.1, -0.05) is 13.3 Å². The van der Waals surface area contributed by atoms with E-state index in [4.69, 9.17) is 14.2 Å². The minimum atomic E-state index is 0.265. The number of hydrogen-bond acceptors (Lipinski definition) is 5. The Hall–Kier alpha value is -0.200. The molecule has 1 atom stereocenters. The topological polar surface area (TPSA) is 51.2 Å². The van der Waals surface area contributed by atoms with Crippen LogP contribution in [0.3, 0.4) is 0 Å². The zero-order valence-corrected chi connectivity index (χ0v) is 12.9. The first kappa shape index (κ1) is 17.9. The molecule has 1 rings (SSSR count). The molecule has 1 aliphatic heterocycles. The van der Waals surface area contributed by atoms with Gasteiger partial charge in [0.1, 0.15) is 0 Å². The Balaban J connectivity index is 1.78. The van der Waals surface area contributed by atoms with Gasteiger partial charge >= 0.3 is 0 Å². The van der Waals surface area contributed by atoms with E-state index in [1.165, 1.54) is 12.8 Å². The van der Waals surface area contributed by atoms with Crippen LogP contribution in [0.4, 0.5) is 0 Å². The van der Waals surface area contributed by atoms with Gasteiger partial charge in [0.05, 0.1) is 39.6 Å². The first-order chi connectivity index (χ1) is 9.88. The molecule has 0 amide bonds. The zero-order chi connectivity index (χ0) is 14.5. The highest BCUT2D eigenvalue weighted by molar-refractivity contribution is 4.77. The molecule has 0 spiro atoms. The molecule has 1 saturated heterocycles. The van der Waals surface area contributed by atoms with E-state index in [1.807, 2.05) is 0 Å². The van der Waals surface area contributed by atoms with E-state index in [1.54, 1.807) is 0 Å². The maximum absolute atomic E-state index is 9.20. The highest BCUT2D eigenvalue weighted by Crippen LogP contribution is 2.15. The summed E-state index contributed by atoms with van der Waals surface area (Å²) in [5, 5.41) is 9.20. The molecule has 0 aromatic rings. The monoisotopic (exact) mass is 289 g/mol. The van der Waals surface area contributed by atoms with Gasteiger partial charge in [-0.3, -0.25) is 4.90 Å². The lowest BCUT2D eigenvalue weighted by Gasteiger charge is -2.22. The summed E-state index contributed by atoms with van der Waals surface area (Å²) in [7, 11) is 0. The lowest BCUT2D eigenvalue weighted by Crippen LogP contribution is -2.35. The van der Waals surface area contributed by atoms with E-state index < -0.39 is 0 Å². The summed E-state index contributed by atoms with van der Waals surface area (Å²) in [6.45, 7) is 8.53. The van der Waals surface area contributed by atoms with E-state index in [0.29, 0.717) is 39.1 Å². The molecule has 0 aliphatic carbocycles. The van der Waals surface area contributed by atoms with E-state index in [2.05, 4.69) is 11.8 Å².